The maximum atomic E-state index is 12.4. The molecule has 1 heterocycles. The van der Waals surface area contributed by atoms with E-state index in [1.54, 1.807) is 0 Å². The molecule has 0 fully saturated rings. The van der Waals surface area contributed by atoms with Crippen LogP contribution in [0.4, 0.5) is 0 Å². The first-order chi connectivity index (χ1) is 10.1. The highest BCUT2D eigenvalue weighted by atomic mass is 16.5. The van der Waals surface area contributed by atoms with Gasteiger partial charge in [-0.25, -0.2) is 4.79 Å². The summed E-state index contributed by atoms with van der Waals surface area (Å²) < 4.78 is 7.29. The van der Waals surface area contributed by atoms with Crippen LogP contribution < -0.4 is 5.59 Å². The number of hydrogen-bond donors (Lipinski definition) is 0. The second kappa shape index (κ2) is 5.96. The van der Waals surface area contributed by atoms with Gasteiger partial charge in [0.1, 0.15) is 0 Å². The van der Waals surface area contributed by atoms with E-state index in [0.29, 0.717) is 0 Å². The van der Waals surface area contributed by atoms with Crippen LogP contribution in [-0.2, 0) is 11.8 Å². The van der Waals surface area contributed by atoms with Crippen molar-refractivity contribution in [1.29, 1.82) is 0 Å². The van der Waals surface area contributed by atoms with Gasteiger partial charge in [0, 0.05) is 29.7 Å². The highest BCUT2D eigenvalue weighted by molar-refractivity contribution is 6.92. The normalized spacial score (nSPS) is 11.9. The summed E-state index contributed by atoms with van der Waals surface area (Å²) in [5.74, 6) is -0.219. The molecule has 0 spiro atoms. The second-order valence-corrected chi connectivity index (χ2v) is 6.03. The van der Waals surface area contributed by atoms with Crippen LogP contribution >= 0.6 is 0 Å². The summed E-state index contributed by atoms with van der Waals surface area (Å²) in [6.45, 7) is 6.68. The van der Waals surface area contributed by atoms with Gasteiger partial charge in [0.2, 0.25) is 0 Å². The molecule has 0 aliphatic rings. The first-order valence-corrected chi connectivity index (χ1v) is 7.92. The summed E-state index contributed by atoms with van der Waals surface area (Å²) in [5.41, 5.74) is 3.05. The molecule has 0 bridgehead atoms. The molecule has 0 aliphatic heterocycles. The maximum Gasteiger partial charge on any atom is 0.336 e. The van der Waals surface area contributed by atoms with Crippen LogP contribution in [0.5, 0.6) is 0 Å². The standard InChI is InChI=1S/C17H25BNO2/c1-6-18(7-2,8-3)16-15(17(20)21-5)13-11-9-10-12-14(13)19(16)4/h9-12H,6-8H2,1-5H3/q-1. The Bertz CT molecular complexity index is 648. The van der Waals surface area contributed by atoms with Crippen LogP contribution in [0, 0.1) is 0 Å². The number of hydrogen-bond acceptors (Lipinski definition) is 2. The number of aromatic nitrogens is 1. The van der Waals surface area contributed by atoms with Gasteiger partial charge in [-0.3, -0.25) is 0 Å². The molecule has 0 N–H and O–H groups in total. The van der Waals surface area contributed by atoms with Crippen molar-refractivity contribution in [3.05, 3.63) is 29.8 Å². The summed E-state index contributed by atoms with van der Waals surface area (Å²) in [5, 5.41) is 1.00. The monoisotopic (exact) mass is 286 g/mol. The quantitative estimate of drug-likeness (QED) is 0.620. The molecule has 114 valence electrons. The predicted octanol–water partition coefficient (Wildman–Crippen LogP) is 3.68. The summed E-state index contributed by atoms with van der Waals surface area (Å²) >= 11 is 0. The molecular weight excluding hydrogens is 261 g/mol. The fraction of sp³-hybridized carbons (Fsp3) is 0.471. The molecule has 21 heavy (non-hydrogen) atoms. The summed E-state index contributed by atoms with van der Waals surface area (Å²) in [4.78, 5) is 12.4. The minimum atomic E-state index is -0.751. The van der Waals surface area contributed by atoms with Crippen molar-refractivity contribution in [3.63, 3.8) is 0 Å². The number of aryl methyl sites for hydroxylation is 1. The molecule has 0 amide bonds. The molecule has 0 aliphatic carbocycles. The molecule has 1 aromatic heterocycles. The number of nitrogens with zero attached hydrogens (tertiary/aromatic N) is 1. The topological polar surface area (TPSA) is 31.2 Å². The van der Waals surface area contributed by atoms with Gasteiger partial charge in [-0.2, -0.15) is 19.0 Å². The van der Waals surface area contributed by atoms with Crippen molar-refractivity contribution in [2.24, 2.45) is 7.05 Å². The zero-order valence-electron chi connectivity index (χ0n) is 13.8. The Balaban J connectivity index is 2.90. The average molecular weight is 286 g/mol. The van der Waals surface area contributed by atoms with Gasteiger partial charge in [0.05, 0.1) is 7.11 Å². The first kappa shape index (κ1) is 15.7. The fourth-order valence-electron chi connectivity index (χ4n) is 3.89. The number of esters is 1. The Morgan fingerprint density at radius 2 is 1.71 bits per heavy atom. The number of carbonyl (C=O) groups excluding carboxylic acids is 1. The Morgan fingerprint density at radius 1 is 1.14 bits per heavy atom. The highest BCUT2D eigenvalue weighted by Crippen LogP contribution is 2.28. The van der Waals surface area contributed by atoms with Crippen LogP contribution in [0.2, 0.25) is 19.0 Å². The van der Waals surface area contributed by atoms with Crippen molar-refractivity contribution in [1.82, 2.24) is 4.57 Å². The smallest absolute Gasteiger partial charge is 0.336 e. The minimum Gasteiger partial charge on any atom is -0.465 e. The lowest BCUT2D eigenvalue weighted by Gasteiger charge is -2.38. The third-order valence-corrected chi connectivity index (χ3v) is 5.47. The Morgan fingerprint density at radius 3 is 2.24 bits per heavy atom. The van der Waals surface area contributed by atoms with Crippen molar-refractivity contribution in [2.45, 2.75) is 39.7 Å². The molecule has 0 unspecified atom stereocenters. The number of methoxy groups -OCH3 is 1. The van der Waals surface area contributed by atoms with Crippen LogP contribution in [0.15, 0.2) is 24.3 Å². The van der Waals surface area contributed by atoms with Gasteiger partial charge in [-0.15, -0.1) is 5.59 Å². The van der Waals surface area contributed by atoms with E-state index in [2.05, 4.69) is 38.5 Å². The largest absolute Gasteiger partial charge is 0.465 e. The van der Waals surface area contributed by atoms with E-state index in [1.807, 2.05) is 18.2 Å². The van der Waals surface area contributed by atoms with Crippen LogP contribution in [-0.4, -0.2) is 23.8 Å². The lowest BCUT2D eigenvalue weighted by atomic mass is 9.18. The van der Waals surface area contributed by atoms with Crippen LogP contribution in [0.3, 0.4) is 0 Å². The van der Waals surface area contributed by atoms with E-state index in [-0.39, 0.29) is 5.97 Å². The van der Waals surface area contributed by atoms with E-state index in [4.69, 9.17) is 4.74 Å². The number of ether oxygens (including phenoxy) is 1. The number of rotatable bonds is 5. The van der Waals surface area contributed by atoms with Gasteiger partial charge >= 0.3 is 5.97 Å². The van der Waals surface area contributed by atoms with Gasteiger partial charge in [0.25, 0.3) is 0 Å². The molecule has 4 heteroatoms. The van der Waals surface area contributed by atoms with Crippen LogP contribution in [0.1, 0.15) is 31.1 Å². The van der Waals surface area contributed by atoms with Crippen LogP contribution in [0.25, 0.3) is 10.9 Å². The highest BCUT2D eigenvalue weighted by Gasteiger charge is 2.30. The Labute approximate surface area is 127 Å². The SMILES string of the molecule is CC[B-](CC)(CC)c1c(C(=O)OC)c2ccccc2n1C. The van der Waals surface area contributed by atoms with E-state index in [1.165, 1.54) is 12.7 Å². The number of para-hydroxylation sites is 1. The molecule has 2 rings (SSSR count). The lowest BCUT2D eigenvalue weighted by Crippen LogP contribution is -2.51. The molecule has 1 aromatic carbocycles. The van der Waals surface area contributed by atoms with E-state index in [9.17, 15) is 4.79 Å². The molecule has 0 saturated heterocycles. The molecule has 0 atom stereocenters. The third kappa shape index (κ3) is 2.27. The van der Waals surface area contributed by atoms with Crippen molar-refractivity contribution < 1.29 is 9.53 Å². The van der Waals surface area contributed by atoms with E-state index < -0.39 is 6.15 Å². The van der Waals surface area contributed by atoms with Crippen molar-refractivity contribution in [3.8, 4) is 0 Å². The Kier molecular flexibility index (Phi) is 4.45. The number of benzene rings is 1. The summed E-state index contributed by atoms with van der Waals surface area (Å²) in [6.07, 6.45) is 2.46. The molecular formula is C17H25BNO2-. The van der Waals surface area contributed by atoms with Crippen molar-refractivity contribution >= 4 is 28.6 Å². The minimum absolute atomic E-state index is 0.219. The third-order valence-electron chi connectivity index (χ3n) is 5.47. The van der Waals surface area contributed by atoms with Gasteiger partial charge < -0.3 is 9.30 Å². The lowest BCUT2D eigenvalue weighted by molar-refractivity contribution is 0.0604. The molecule has 0 saturated carbocycles. The summed E-state index contributed by atoms with van der Waals surface area (Å²) in [6, 6.07) is 8.10. The molecule has 2 aromatic rings. The Hall–Kier alpha value is -1.71. The van der Waals surface area contributed by atoms with Gasteiger partial charge in [-0.1, -0.05) is 39.0 Å². The van der Waals surface area contributed by atoms with Gasteiger partial charge in [0.15, 0.2) is 0 Å². The fourth-order valence-corrected chi connectivity index (χ4v) is 3.89. The number of fused-ring (bicyclic) bond motifs is 1. The van der Waals surface area contributed by atoms with Gasteiger partial charge in [-0.05, 0) is 6.07 Å². The molecule has 3 nitrogen and oxygen atoms in total. The second-order valence-electron chi connectivity index (χ2n) is 6.03. The van der Waals surface area contributed by atoms with E-state index >= 15 is 0 Å². The van der Waals surface area contributed by atoms with E-state index in [0.717, 1.165) is 35.4 Å². The molecule has 0 radical (unpaired) electrons. The summed E-state index contributed by atoms with van der Waals surface area (Å²) in [7, 11) is 3.54. The van der Waals surface area contributed by atoms with Crippen molar-refractivity contribution in [2.75, 3.05) is 7.11 Å². The average Bonchev–Trinajstić information content (AvgIpc) is 2.83. The first-order valence-electron chi connectivity index (χ1n) is 7.92. The zero-order chi connectivity index (χ0) is 15.6. The predicted molar refractivity (Wildman–Crippen MR) is 91.1 cm³/mol. The number of carbonyl (C=O) groups is 1. The maximum absolute atomic E-state index is 12.4. The zero-order valence-corrected chi connectivity index (χ0v) is 13.8.